The SMILES string of the molecule is CC(NC(=O)c1ccc2c(c1)CCCC2)c1ccc2c(c1)CCCC2. The first-order valence-corrected chi connectivity index (χ1v) is 9.75. The van der Waals surface area contributed by atoms with Gasteiger partial charge < -0.3 is 5.32 Å². The minimum Gasteiger partial charge on any atom is -0.346 e. The molecular formula is C23H27NO. The highest BCUT2D eigenvalue weighted by Crippen LogP contribution is 2.26. The van der Waals surface area contributed by atoms with Crippen LogP contribution in [0.15, 0.2) is 36.4 Å². The molecule has 130 valence electrons. The molecule has 0 radical (unpaired) electrons. The lowest BCUT2D eigenvalue weighted by atomic mass is 9.89. The smallest absolute Gasteiger partial charge is 0.251 e. The molecule has 4 rings (SSSR count). The minimum absolute atomic E-state index is 0.0377. The van der Waals surface area contributed by atoms with Gasteiger partial charge >= 0.3 is 0 Å². The van der Waals surface area contributed by atoms with Gasteiger partial charge in [-0.05, 0) is 98.2 Å². The van der Waals surface area contributed by atoms with Gasteiger partial charge in [0, 0.05) is 5.56 Å². The van der Waals surface area contributed by atoms with E-state index in [-0.39, 0.29) is 11.9 Å². The molecule has 2 aromatic carbocycles. The molecule has 2 aromatic rings. The first-order valence-electron chi connectivity index (χ1n) is 9.75. The Labute approximate surface area is 150 Å². The summed E-state index contributed by atoms with van der Waals surface area (Å²) in [5, 5.41) is 3.19. The largest absolute Gasteiger partial charge is 0.346 e. The van der Waals surface area contributed by atoms with Crippen LogP contribution in [-0.2, 0) is 25.7 Å². The van der Waals surface area contributed by atoms with Crippen molar-refractivity contribution >= 4 is 5.91 Å². The van der Waals surface area contributed by atoms with E-state index in [1.165, 1.54) is 66.3 Å². The molecule has 1 N–H and O–H groups in total. The van der Waals surface area contributed by atoms with Crippen molar-refractivity contribution in [1.29, 1.82) is 0 Å². The number of carbonyl (C=O) groups is 1. The topological polar surface area (TPSA) is 29.1 Å². The van der Waals surface area contributed by atoms with Gasteiger partial charge in [-0.15, -0.1) is 0 Å². The Morgan fingerprint density at radius 2 is 1.36 bits per heavy atom. The highest BCUT2D eigenvalue weighted by Gasteiger charge is 2.17. The molecule has 0 bridgehead atoms. The van der Waals surface area contributed by atoms with E-state index in [4.69, 9.17) is 0 Å². The molecule has 1 atom stereocenters. The lowest BCUT2D eigenvalue weighted by Crippen LogP contribution is -2.27. The van der Waals surface area contributed by atoms with E-state index >= 15 is 0 Å². The average molecular weight is 333 g/mol. The molecule has 0 saturated carbocycles. The van der Waals surface area contributed by atoms with Crippen molar-refractivity contribution in [3.8, 4) is 0 Å². The van der Waals surface area contributed by atoms with Crippen molar-refractivity contribution in [2.24, 2.45) is 0 Å². The number of fused-ring (bicyclic) bond motifs is 2. The second kappa shape index (κ2) is 7.03. The highest BCUT2D eigenvalue weighted by molar-refractivity contribution is 5.94. The Hall–Kier alpha value is -2.09. The predicted molar refractivity (Wildman–Crippen MR) is 102 cm³/mol. The van der Waals surface area contributed by atoms with Gasteiger partial charge in [-0.25, -0.2) is 0 Å². The van der Waals surface area contributed by atoms with Crippen LogP contribution in [0.4, 0.5) is 0 Å². The Balaban J connectivity index is 1.48. The van der Waals surface area contributed by atoms with Gasteiger partial charge in [-0.3, -0.25) is 4.79 Å². The molecule has 0 heterocycles. The summed E-state index contributed by atoms with van der Waals surface area (Å²) >= 11 is 0. The molecule has 0 spiro atoms. The van der Waals surface area contributed by atoms with Crippen LogP contribution in [0.2, 0.25) is 0 Å². The first kappa shape index (κ1) is 16.4. The van der Waals surface area contributed by atoms with Crippen LogP contribution in [0.3, 0.4) is 0 Å². The van der Waals surface area contributed by atoms with Crippen LogP contribution in [0.1, 0.15) is 76.8 Å². The number of amides is 1. The van der Waals surface area contributed by atoms with Crippen LogP contribution in [0.25, 0.3) is 0 Å². The molecule has 2 heteroatoms. The minimum atomic E-state index is 0.0377. The third-order valence-corrected chi connectivity index (χ3v) is 5.83. The Morgan fingerprint density at radius 1 is 0.800 bits per heavy atom. The van der Waals surface area contributed by atoms with Gasteiger partial charge in [0.05, 0.1) is 6.04 Å². The van der Waals surface area contributed by atoms with Crippen molar-refractivity contribution in [3.63, 3.8) is 0 Å². The van der Waals surface area contributed by atoms with E-state index in [9.17, 15) is 4.79 Å². The van der Waals surface area contributed by atoms with Crippen LogP contribution < -0.4 is 5.32 Å². The maximum atomic E-state index is 12.7. The summed E-state index contributed by atoms with van der Waals surface area (Å²) in [5.41, 5.74) is 7.75. The fourth-order valence-electron chi connectivity index (χ4n) is 4.26. The zero-order valence-corrected chi connectivity index (χ0v) is 15.1. The second-order valence-electron chi connectivity index (χ2n) is 7.62. The lowest BCUT2D eigenvalue weighted by molar-refractivity contribution is 0.0939. The number of nitrogens with one attached hydrogen (secondary N) is 1. The fourth-order valence-corrected chi connectivity index (χ4v) is 4.26. The van der Waals surface area contributed by atoms with Crippen LogP contribution in [0, 0.1) is 0 Å². The first-order chi connectivity index (χ1) is 12.2. The monoisotopic (exact) mass is 333 g/mol. The molecule has 0 fully saturated rings. The third-order valence-electron chi connectivity index (χ3n) is 5.83. The summed E-state index contributed by atoms with van der Waals surface area (Å²) in [6, 6.07) is 13.0. The van der Waals surface area contributed by atoms with Crippen molar-refractivity contribution in [3.05, 3.63) is 69.8 Å². The number of benzene rings is 2. The van der Waals surface area contributed by atoms with Gasteiger partial charge in [0.15, 0.2) is 0 Å². The van der Waals surface area contributed by atoms with E-state index in [1.54, 1.807) is 0 Å². The van der Waals surface area contributed by atoms with E-state index in [1.807, 2.05) is 6.07 Å². The zero-order valence-electron chi connectivity index (χ0n) is 15.1. The van der Waals surface area contributed by atoms with E-state index in [0.717, 1.165) is 18.4 Å². The van der Waals surface area contributed by atoms with Crippen molar-refractivity contribution < 1.29 is 4.79 Å². The molecule has 0 aliphatic heterocycles. The van der Waals surface area contributed by atoms with Crippen LogP contribution in [-0.4, -0.2) is 5.91 Å². The summed E-state index contributed by atoms with van der Waals surface area (Å²) in [6.07, 6.45) is 9.74. The highest BCUT2D eigenvalue weighted by atomic mass is 16.1. The van der Waals surface area contributed by atoms with Crippen molar-refractivity contribution in [1.82, 2.24) is 5.32 Å². The summed E-state index contributed by atoms with van der Waals surface area (Å²) in [7, 11) is 0. The number of hydrogen-bond acceptors (Lipinski definition) is 1. The van der Waals surface area contributed by atoms with E-state index < -0.39 is 0 Å². The third kappa shape index (κ3) is 3.49. The van der Waals surface area contributed by atoms with Crippen LogP contribution in [0.5, 0.6) is 0 Å². The molecule has 25 heavy (non-hydrogen) atoms. The Morgan fingerprint density at radius 3 is 2.04 bits per heavy atom. The van der Waals surface area contributed by atoms with Crippen LogP contribution >= 0.6 is 0 Å². The van der Waals surface area contributed by atoms with E-state index in [0.29, 0.717) is 0 Å². The number of rotatable bonds is 3. The number of aryl methyl sites for hydroxylation is 4. The Bertz CT molecular complexity index is 793. The lowest BCUT2D eigenvalue weighted by Gasteiger charge is -2.21. The van der Waals surface area contributed by atoms with Crippen molar-refractivity contribution in [2.75, 3.05) is 0 Å². The van der Waals surface area contributed by atoms with Gasteiger partial charge in [-0.2, -0.15) is 0 Å². The van der Waals surface area contributed by atoms with Gasteiger partial charge in [0.1, 0.15) is 0 Å². The summed E-state index contributed by atoms with van der Waals surface area (Å²) in [4.78, 5) is 12.7. The standard InChI is InChI=1S/C23H27NO/c1-16(19-12-10-17-6-2-4-8-20(17)14-19)24-23(25)22-13-11-18-7-3-5-9-21(18)15-22/h10-16H,2-9H2,1H3,(H,24,25). The molecule has 0 saturated heterocycles. The maximum absolute atomic E-state index is 12.7. The number of carbonyl (C=O) groups excluding carboxylic acids is 1. The summed E-state index contributed by atoms with van der Waals surface area (Å²) in [5.74, 6) is 0.0404. The quantitative estimate of drug-likeness (QED) is 0.847. The molecule has 2 aliphatic rings. The zero-order chi connectivity index (χ0) is 17.2. The van der Waals surface area contributed by atoms with Gasteiger partial charge in [0.2, 0.25) is 0 Å². The normalized spacial score (nSPS) is 17.3. The molecule has 1 unspecified atom stereocenters. The van der Waals surface area contributed by atoms with Gasteiger partial charge in [-0.1, -0.05) is 24.3 Å². The second-order valence-corrected chi connectivity index (χ2v) is 7.62. The molecule has 2 nitrogen and oxygen atoms in total. The summed E-state index contributed by atoms with van der Waals surface area (Å²) in [6.45, 7) is 2.08. The molecular weight excluding hydrogens is 306 g/mol. The predicted octanol–water partition coefficient (Wildman–Crippen LogP) is 4.94. The van der Waals surface area contributed by atoms with Crippen molar-refractivity contribution in [2.45, 2.75) is 64.3 Å². The summed E-state index contributed by atoms with van der Waals surface area (Å²) < 4.78 is 0. The fraction of sp³-hybridized carbons (Fsp3) is 0.435. The number of hydrogen-bond donors (Lipinski definition) is 1. The van der Waals surface area contributed by atoms with E-state index in [2.05, 4.69) is 42.6 Å². The van der Waals surface area contributed by atoms with Gasteiger partial charge in [0.25, 0.3) is 5.91 Å². The molecule has 2 aliphatic carbocycles. The maximum Gasteiger partial charge on any atom is 0.251 e. The molecule has 0 aromatic heterocycles. The Kier molecular flexibility index (Phi) is 4.61. The molecule has 1 amide bonds. The average Bonchev–Trinajstić information content (AvgIpc) is 2.67.